The third kappa shape index (κ3) is 4.03. The zero-order valence-electron chi connectivity index (χ0n) is 15.0. The van der Waals surface area contributed by atoms with Crippen LogP contribution in [0.25, 0.3) is 21.6 Å². The predicted molar refractivity (Wildman–Crippen MR) is 106 cm³/mol. The van der Waals surface area contributed by atoms with E-state index in [1.54, 1.807) is 11.3 Å². The third-order valence-electron chi connectivity index (χ3n) is 4.12. The summed E-state index contributed by atoms with van der Waals surface area (Å²) in [5.74, 6) is 0.899. The molecule has 1 N–H and O–H groups in total. The van der Waals surface area contributed by atoms with Crippen LogP contribution < -0.4 is 5.32 Å². The van der Waals surface area contributed by atoms with Gasteiger partial charge in [-0.25, -0.2) is 4.98 Å². The molecule has 0 aliphatic heterocycles. The van der Waals surface area contributed by atoms with Crippen molar-refractivity contribution in [2.45, 2.75) is 26.7 Å². The summed E-state index contributed by atoms with van der Waals surface area (Å²) in [5.41, 5.74) is 3.78. The number of aromatic nitrogens is 3. The molecule has 0 fully saturated rings. The van der Waals surface area contributed by atoms with Crippen LogP contribution in [0.2, 0.25) is 0 Å². The summed E-state index contributed by atoms with van der Waals surface area (Å²) in [4.78, 5) is 21.0. The Morgan fingerprint density at radius 1 is 1.11 bits per heavy atom. The fraction of sp³-hybridized carbons (Fsp3) is 0.200. The number of hydrogen-bond acceptors (Lipinski definition) is 6. The van der Waals surface area contributed by atoms with Gasteiger partial charge in [-0.05, 0) is 32.0 Å². The number of nitrogens with zero attached hydrogens (tertiary/aromatic N) is 3. The highest BCUT2D eigenvalue weighted by Gasteiger charge is 2.11. The Morgan fingerprint density at radius 3 is 2.74 bits per heavy atom. The van der Waals surface area contributed by atoms with Gasteiger partial charge in [0.2, 0.25) is 17.6 Å². The maximum absolute atomic E-state index is 12.2. The molecule has 1 amide bonds. The second kappa shape index (κ2) is 7.28. The Hall–Kier alpha value is -3.06. The van der Waals surface area contributed by atoms with Crippen molar-refractivity contribution in [2.75, 3.05) is 5.32 Å². The van der Waals surface area contributed by atoms with Crippen LogP contribution in [-0.4, -0.2) is 21.0 Å². The lowest BCUT2D eigenvalue weighted by atomic mass is 10.1. The molecule has 0 bridgehead atoms. The standard InChI is InChI=1S/C20H18N4O2S/c1-12-3-5-14(6-4-12)20-23-19(26-24-20)10-9-18(25)22-15-7-8-16-17(11-15)27-13(2)21-16/h3-8,11H,9-10H2,1-2H3,(H,22,25). The smallest absolute Gasteiger partial charge is 0.227 e. The van der Waals surface area contributed by atoms with Crippen LogP contribution in [0.3, 0.4) is 0 Å². The predicted octanol–water partition coefficient (Wildman–Crippen LogP) is 4.53. The van der Waals surface area contributed by atoms with E-state index in [1.165, 1.54) is 5.56 Å². The minimum atomic E-state index is -0.0920. The molecule has 0 aliphatic rings. The zero-order valence-corrected chi connectivity index (χ0v) is 15.8. The maximum atomic E-state index is 12.2. The van der Waals surface area contributed by atoms with E-state index in [9.17, 15) is 4.79 Å². The maximum Gasteiger partial charge on any atom is 0.227 e. The van der Waals surface area contributed by atoms with Crippen molar-refractivity contribution in [1.29, 1.82) is 0 Å². The Kier molecular flexibility index (Phi) is 4.68. The van der Waals surface area contributed by atoms with Crippen molar-refractivity contribution in [3.63, 3.8) is 0 Å². The molecule has 6 nitrogen and oxygen atoms in total. The molecule has 0 unspecified atom stereocenters. The average molecular weight is 378 g/mol. The number of carbonyl (C=O) groups excluding carboxylic acids is 1. The Morgan fingerprint density at radius 2 is 1.93 bits per heavy atom. The number of thiazole rings is 1. The van der Waals surface area contributed by atoms with E-state index < -0.39 is 0 Å². The Labute approximate surface area is 160 Å². The lowest BCUT2D eigenvalue weighted by molar-refractivity contribution is -0.116. The second-order valence-corrected chi connectivity index (χ2v) is 7.58. The first-order chi connectivity index (χ1) is 13.1. The van der Waals surface area contributed by atoms with E-state index in [2.05, 4.69) is 20.4 Å². The number of rotatable bonds is 5. The van der Waals surface area contributed by atoms with Gasteiger partial charge in [0.05, 0.1) is 15.2 Å². The molecule has 0 radical (unpaired) electrons. The number of carbonyl (C=O) groups is 1. The molecule has 4 rings (SSSR count). The summed E-state index contributed by atoms with van der Waals surface area (Å²) in [7, 11) is 0. The summed E-state index contributed by atoms with van der Waals surface area (Å²) in [5, 5.41) is 7.91. The van der Waals surface area contributed by atoms with Crippen LogP contribution in [0.1, 0.15) is 22.9 Å². The molecule has 7 heteroatoms. The van der Waals surface area contributed by atoms with Crippen LogP contribution >= 0.6 is 11.3 Å². The van der Waals surface area contributed by atoms with Gasteiger partial charge >= 0.3 is 0 Å². The van der Waals surface area contributed by atoms with E-state index >= 15 is 0 Å². The number of aryl methyl sites for hydroxylation is 3. The van der Waals surface area contributed by atoms with Crippen LogP contribution in [-0.2, 0) is 11.2 Å². The quantitative estimate of drug-likeness (QED) is 0.552. The van der Waals surface area contributed by atoms with Gasteiger partial charge in [-0.1, -0.05) is 35.0 Å². The Bertz CT molecular complexity index is 1100. The number of amides is 1. The molecule has 27 heavy (non-hydrogen) atoms. The largest absolute Gasteiger partial charge is 0.339 e. The number of fused-ring (bicyclic) bond motifs is 1. The minimum Gasteiger partial charge on any atom is -0.339 e. The summed E-state index contributed by atoms with van der Waals surface area (Å²) >= 11 is 1.61. The molecule has 136 valence electrons. The molecule has 0 aliphatic carbocycles. The molecule has 0 spiro atoms. The number of anilines is 1. The van der Waals surface area contributed by atoms with Gasteiger partial charge in [0, 0.05) is 24.1 Å². The van der Waals surface area contributed by atoms with Crippen molar-refractivity contribution in [1.82, 2.24) is 15.1 Å². The SMILES string of the molecule is Cc1ccc(-c2noc(CCC(=O)Nc3ccc4nc(C)sc4c3)n2)cc1. The number of benzene rings is 2. The average Bonchev–Trinajstić information content (AvgIpc) is 3.26. The highest BCUT2D eigenvalue weighted by atomic mass is 32.1. The Balaban J connectivity index is 1.36. The van der Waals surface area contributed by atoms with E-state index in [1.807, 2.05) is 56.3 Å². The van der Waals surface area contributed by atoms with Gasteiger partial charge in [-0.3, -0.25) is 4.79 Å². The number of nitrogens with one attached hydrogen (secondary N) is 1. The lowest BCUT2D eigenvalue weighted by Gasteiger charge is -2.03. The minimum absolute atomic E-state index is 0.0920. The van der Waals surface area contributed by atoms with Crippen molar-refractivity contribution >= 4 is 33.1 Å². The summed E-state index contributed by atoms with van der Waals surface area (Å²) in [6.45, 7) is 4.00. The topological polar surface area (TPSA) is 80.9 Å². The summed E-state index contributed by atoms with van der Waals surface area (Å²) < 4.78 is 6.32. The van der Waals surface area contributed by atoms with Crippen LogP contribution in [0, 0.1) is 13.8 Å². The fourth-order valence-electron chi connectivity index (χ4n) is 2.74. The van der Waals surface area contributed by atoms with Crippen molar-refractivity contribution in [3.05, 3.63) is 58.9 Å². The van der Waals surface area contributed by atoms with Gasteiger partial charge in [0.15, 0.2) is 0 Å². The second-order valence-electron chi connectivity index (χ2n) is 6.34. The molecular formula is C20H18N4O2S. The van der Waals surface area contributed by atoms with E-state index in [4.69, 9.17) is 4.52 Å². The molecule has 0 atom stereocenters. The van der Waals surface area contributed by atoms with Gasteiger partial charge in [0.1, 0.15) is 0 Å². The first kappa shape index (κ1) is 17.4. The van der Waals surface area contributed by atoms with Gasteiger partial charge < -0.3 is 9.84 Å². The normalized spacial score (nSPS) is 11.0. The van der Waals surface area contributed by atoms with E-state index in [-0.39, 0.29) is 12.3 Å². The van der Waals surface area contributed by atoms with Crippen LogP contribution in [0.5, 0.6) is 0 Å². The fourth-order valence-corrected chi connectivity index (χ4v) is 3.60. The highest BCUT2D eigenvalue weighted by molar-refractivity contribution is 7.18. The van der Waals surface area contributed by atoms with Gasteiger partial charge in [-0.2, -0.15) is 4.98 Å². The monoisotopic (exact) mass is 378 g/mol. The molecule has 2 aromatic carbocycles. The van der Waals surface area contributed by atoms with E-state index in [0.717, 1.165) is 26.5 Å². The van der Waals surface area contributed by atoms with Crippen molar-refractivity contribution in [2.24, 2.45) is 0 Å². The summed E-state index contributed by atoms with van der Waals surface area (Å²) in [6.07, 6.45) is 0.669. The molecule has 0 saturated carbocycles. The summed E-state index contributed by atoms with van der Waals surface area (Å²) in [6, 6.07) is 13.6. The molecule has 4 aromatic rings. The highest BCUT2D eigenvalue weighted by Crippen LogP contribution is 2.25. The van der Waals surface area contributed by atoms with Crippen LogP contribution in [0.15, 0.2) is 47.0 Å². The molecule has 2 heterocycles. The molecular weight excluding hydrogens is 360 g/mol. The lowest BCUT2D eigenvalue weighted by Crippen LogP contribution is -2.12. The third-order valence-corrected chi connectivity index (χ3v) is 5.06. The van der Waals surface area contributed by atoms with Crippen LogP contribution in [0.4, 0.5) is 5.69 Å². The zero-order chi connectivity index (χ0) is 18.8. The number of hydrogen-bond donors (Lipinski definition) is 1. The van der Waals surface area contributed by atoms with Crippen molar-refractivity contribution < 1.29 is 9.32 Å². The molecule has 2 aromatic heterocycles. The first-order valence-corrected chi connectivity index (χ1v) is 9.45. The van der Waals surface area contributed by atoms with E-state index in [0.29, 0.717) is 18.1 Å². The van der Waals surface area contributed by atoms with Gasteiger partial charge in [0.25, 0.3) is 0 Å². The van der Waals surface area contributed by atoms with Crippen molar-refractivity contribution in [3.8, 4) is 11.4 Å². The van der Waals surface area contributed by atoms with Gasteiger partial charge in [-0.15, -0.1) is 11.3 Å². The first-order valence-electron chi connectivity index (χ1n) is 8.63. The molecule has 0 saturated heterocycles.